The minimum absolute atomic E-state index is 0.0568. The lowest BCUT2D eigenvalue weighted by atomic mass is 10.0. The Bertz CT molecular complexity index is 413. The van der Waals surface area contributed by atoms with E-state index in [1.54, 1.807) is 20.4 Å². The summed E-state index contributed by atoms with van der Waals surface area (Å²) in [5.74, 6) is 7.78. The van der Waals surface area contributed by atoms with Gasteiger partial charge in [-0.2, -0.15) is 16.7 Å². The first-order chi connectivity index (χ1) is 9.30. The Morgan fingerprint density at radius 1 is 1.42 bits per heavy atom. The van der Waals surface area contributed by atoms with E-state index in [1.165, 1.54) is 12.8 Å². The molecule has 0 spiro atoms. The van der Waals surface area contributed by atoms with Crippen LogP contribution >= 0.6 is 11.8 Å². The minimum Gasteiger partial charge on any atom is -0.480 e. The highest BCUT2D eigenvalue weighted by Crippen LogP contribution is 2.36. The van der Waals surface area contributed by atoms with Crippen molar-refractivity contribution in [1.82, 2.24) is 15.4 Å². The Balaban J connectivity index is 2.26. The smallest absolute Gasteiger partial charge is 0.240 e. The number of methoxy groups -OCH3 is 2. The number of rotatable bonds is 5. The molecule has 19 heavy (non-hydrogen) atoms. The normalized spacial score (nSPS) is 20.9. The molecule has 106 valence electrons. The quantitative estimate of drug-likeness (QED) is 0.622. The van der Waals surface area contributed by atoms with Crippen LogP contribution in [0.2, 0.25) is 0 Å². The highest BCUT2D eigenvalue weighted by atomic mass is 32.2. The molecule has 1 aliphatic heterocycles. The molecule has 0 saturated carbocycles. The molecule has 1 aliphatic rings. The first-order valence-corrected chi connectivity index (χ1v) is 7.37. The van der Waals surface area contributed by atoms with Gasteiger partial charge in [-0.05, 0) is 18.6 Å². The lowest BCUT2D eigenvalue weighted by Crippen LogP contribution is -2.37. The van der Waals surface area contributed by atoms with Crippen LogP contribution < -0.4 is 20.7 Å². The third kappa shape index (κ3) is 3.29. The summed E-state index contributed by atoms with van der Waals surface area (Å²) in [6, 6.07) is -0.0568. The van der Waals surface area contributed by atoms with Crippen LogP contribution in [0.5, 0.6) is 11.8 Å². The van der Waals surface area contributed by atoms with E-state index >= 15 is 0 Å². The van der Waals surface area contributed by atoms with Gasteiger partial charge in [0.1, 0.15) is 5.69 Å². The topological polar surface area (TPSA) is 82.3 Å². The monoisotopic (exact) mass is 284 g/mol. The van der Waals surface area contributed by atoms with Crippen LogP contribution in [0.25, 0.3) is 0 Å². The van der Waals surface area contributed by atoms with Gasteiger partial charge < -0.3 is 9.47 Å². The number of aromatic nitrogens is 2. The zero-order valence-corrected chi connectivity index (χ0v) is 12.1. The van der Waals surface area contributed by atoms with E-state index in [0.717, 1.165) is 17.9 Å². The molecule has 0 aliphatic carbocycles. The summed E-state index contributed by atoms with van der Waals surface area (Å²) in [4.78, 5) is 8.66. The zero-order chi connectivity index (χ0) is 13.7. The third-order valence-electron chi connectivity index (χ3n) is 3.21. The van der Waals surface area contributed by atoms with Gasteiger partial charge in [0.05, 0.1) is 26.5 Å². The molecule has 1 fully saturated rings. The summed E-state index contributed by atoms with van der Waals surface area (Å²) in [6.45, 7) is 0. The summed E-state index contributed by atoms with van der Waals surface area (Å²) in [5.41, 5.74) is 3.60. The van der Waals surface area contributed by atoms with Crippen LogP contribution in [-0.4, -0.2) is 35.2 Å². The van der Waals surface area contributed by atoms with E-state index < -0.39 is 0 Å². The van der Waals surface area contributed by atoms with Gasteiger partial charge in [0.15, 0.2) is 0 Å². The van der Waals surface area contributed by atoms with Gasteiger partial charge in [-0.3, -0.25) is 11.3 Å². The van der Waals surface area contributed by atoms with Crippen molar-refractivity contribution in [2.75, 3.05) is 20.0 Å². The molecular formula is C12H20N4O2S. The lowest BCUT2D eigenvalue weighted by Gasteiger charge is -2.29. The second-order valence-corrected chi connectivity index (χ2v) is 5.70. The maximum atomic E-state index is 5.71. The van der Waals surface area contributed by atoms with Crippen molar-refractivity contribution in [3.05, 3.63) is 11.9 Å². The van der Waals surface area contributed by atoms with Crippen LogP contribution in [0, 0.1) is 0 Å². The molecule has 2 heterocycles. The number of hydrogen-bond acceptors (Lipinski definition) is 7. The second-order valence-electron chi connectivity index (χ2n) is 4.36. The average Bonchev–Trinajstić information content (AvgIpc) is 2.49. The zero-order valence-electron chi connectivity index (χ0n) is 11.3. The molecule has 3 N–H and O–H groups in total. The number of ether oxygens (including phenoxy) is 2. The standard InChI is InChI=1S/C12H20N4O2S/c1-17-9-7-14-11(12(15-9)18-2)10(16-13)8-5-3-4-6-19-8/h7-8,10,16H,3-6,13H2,1-2H3. The molecule has 1 aromatic heterocycles. The first-order valence-electron chi connectivity index (χ1n) is 6.32. The van der Waals surface area contributed by atoms with Gasteiger partial charge in [-0.15, -0.1) is 0 Å². The van der Waals surface area contributed by atoms with Crippen molar-refractivity contribution < 1.29 is 9.47 Å². The van der Waals surface area contributed by atoms with Gasteiger partial charge in [-0.1, -0.05) is 6.42 Å². The fourth-order valence-corrected chi connectivity index (χ4v) is 3.63. The van der Waals surface area contributed by atoms with E-state index in [-0.39, 0.29) is 6.04 Å². The number of nitrogens with two attached hydrogens (primary N) is 1. The van der Waals surface area contributed by atoms with Crippen LogP contribution in [0.3, 0.4) is 0 Å². The van der Waals surface area contributed by atoms with Crippen molar-refractivity contribution in [2.45, 2.75) is 30.6 Å². The fraction of sp³-hybridized carbons (Fsp3) is 0.667. The molecule has 0 amide bonds. The van der Waals surface area contributed by atoms with Crippen molar-refractivity contribution in [1.29, 1.82) is 0 Å². The number of nitrogens with one attached hydrogen (secondary N) is 1. The van der Waals surface area contributed by atoms with E-state index in [2.05, 4.69) is 15.4 Å². The predicted octanol–water partition coefficient (Wildman–Crippen LogP) is 1.28. The van der Waals surface area contributed by atoms with Crippen LogP contribution in [0.15, 0.2) is 6.20 Å². The average molecular weight is 284 g/mol. The lowest BCUT2D eigenvalue weighted by molar-refractivity contribution is 0.346. The Labute approximate surface area is 117 Å². The maximum Gasteiger partial charge on any atom is 0.240 e. The van der Waals surface area contributed by atoms with Gasteiger partial charge >= 0.3 is 0 Å². The molecule has 0 radical (unpaired) electrons. The Morgan fingerprint density at radius 2 is 2.26 bits per heavy atom. The van der Waals surface area contributed by atoms with Gasteiger partial charge in [0.2, 0.25) is 11.8 Å². The van der Waals surface area contributed by atoms with E-state index in [0.29, 0.717) is 17.0 Å². The molecule has 2 rings (SSSR count). The predicted molar refractivity (Wildman–Crippen MR) is 75.3 cm³/mol. The Hall–Kier alpha value is -1.05. The molecule has 1 saturated heterocycles. The van der Waals surface area contributed by atoms with Crippen LogP contribution in [0.4, 0.5) is 0 Å². The number of nitrogens with zero attached hydrogens (tertiary/aromatic N) is 2. The van der Waals surface area contributed by atoms with Crippen molar-refractivity contribution in [2.24, 2.45) is 5.84 Å². The molecule has 0 bridgehead atoms. The molecular weight excluding hydrogens is 264 g/mol. The summed E-state index contributed by atoms with van der Waals surface area (Å²) < 4.78 is 10.4. The molecule has 2 unspecified atom stereocenters. The SMILES string of the molecule is COc1cnc(C(NN)C2CCCCS2)c(OC)n1. The summed E-state index contributed by atoms with van der Waals surface area (Å²) in [5, 5.41) is 0.398. The molecule has 2 atom stereocenters. The highest BCUT2D eigenvalue weighted by molar-refractivity contribution is 8.00. The van der Waals surface area contributed by atoms with Gasteiger partial charge in [0.25, 0.3) is 0 Å². The minimum atomic E-state index is -0.0568. The number of hydrogen-bond donors (Lipinski definition) is 2. The van der Waals surface area contributed by atoms with Crippen molar-refractivity contribution in [3.63, 3.8) is 0 Å². The summed E-state index contributed by atoms with van der Waals surface area (Å²) in [7, 11) is 3.13. The second kappa shape index (κ2) is 6.93. The Morgan fingerprint density at radius 3 is 2.84 bits per heavy atom. The van der Waals surface area contributed by atoms with E-state index in [9.17, 15) is 0 Å². The first kappa shape index (κ1) is 14.4. The number of hydrazine groups is 1. The van der Waals surface area contributed by atoms with Crippen molar-refractivity contribution in [3.8, 4) is 11.8 Å². The fourth-order valence-electron chi connectivity index (χ4n) is 2.22. The van der Waals surface area contributed by atoms with Crippen LogP contribution in [-0.2, 0) is 0 Å². The van der Waals surface area contributed by atoms with Gasteiger partial charge in [0, 0.05) is 5.25 Å². The molecule has 0 aromatic carbocycles. The van der Waals surface area contributed by atoms with Crippen LogP contribution in [0.1, 0.15) is 31.0 Å². The number of thioether (sulfide) groups is 1. The van der Waals surface area contributed by atoms with Gasteiger partial charge in [-0.25, -0.2) is 4.98 Å². The Kier molecular flexibility index (Phi) is 5.24. The molecule has 1 aromatic rings. The molecule has 7 heteroatoms. The summed E-state index contributed by atoms with van der Waals surface area (Å²) >= 11 is 1.92. The third-order valence-corrected chi connectivity index (χ3v) is 4.67. The summed E-state index contributed by atoms with van der Waals surface area (Å²) in [6.07, 6.45) is 5.21. The van der Waals surface area contributed by atoms with E-state index in [4.69, 9.17) is 15.3 Å². The van der Waals surface area contributed by atoms with E-state index in [1.807, 2.05) is 11.8 Å². The van der Waals surface area contributed by atoms with Crippen molar-refractivity contribution >= 4 is 11.8 Å². The largest absolute Gasteiger partial charge is 0.480 e. The highest BCUT2D eigenvalue weighted by Gasteiger charge is 2.29. The maximum absolute atomic E-state index is 5.71. The molecule has 6 nitrogen and oxygen atoms in total.